The van der Waals surface area contributed by atoms with Gasteiger partial charge in [0, 0.05) is 17.8 Å². The van der Waals surface area contributed by atoms with Gasteiger partial charge in [0.15, 0.2) is 11.2 Å². The topological polar surface area (TPSA) is 51.0 Å². The lowest BCUT2D eigenvalue weighted by molar-refractivity contribution is 0.611. The van der Waals surface area contributed by atoms with E-state index >= 15 is 0 Å². The molecule has 3 aromatic rings. The van der Waals surface area contributed by atoms with Crippen molar-refractivity contribution in [2.75, 3.05) is 6.54 Å². The van der Waals surface area contributed by atoms with E-state index in [2.05, 4.69) is 33.5 Å². The van der Waals surface area contributed by atoms with E-state index in [1.165, 1.54) is 11.1 Å². The van der Waals surface area contributed by atoms with Gasteiger partial charge in [0.1, 0.15) is 0 Å². The van der Waals surface area contributed by atoms with E-state index in [1.807, 2.05) is 19.1 Å². The number of nitrogens with zero attached hydrogens (tertiary/aromatic N) is 2. The van der Waals surface area contributed by atoms with Crippen LogP contribution >= 0.6 is 0 Å². The van der Waals surface area contributed by atoms with Crippen LogP contribution in [0.25, 0.3) is 22.7 Å². The van der Waals surface area contributed by atoms with Crippen LogP contribution < -0.4 is 5.32 Å². The third kappa shape index (κ3) is 1.80. The number of aromatic nitrogens is 2. The lowest BCUT2D eigenvalue weighted by atomic mass is 9.95. The molecule has 0 saturated heterocycles. The molecule has 4 rings (SSSR count). The SMILES string of the molecule is Cc1ccc2oc(-c3cccc4c3CCNC4)nc2n1. The molecule has 0 bridgehead atoms. The predicted molar refractivity (Wildman–Crippen MR) is 77.4 cm³/mol. The van der Waals surface area contributed by atoms with Gasteiger partial charge in [-0.05, 0) is 49.2 Å². The molecule has 3 heterocycles. The fourth-order valence-electron chi connectivity index (χ4n) is 2.76. The molecule has 0 fully saturated rings. The van der Waals surface area contributed by atoms with E-state index in [1.54, 1.807) is 0 Å². The standard InChI is InChI=1S/C16H15N3O/c1-10-5-6-14-15(18-10)19-16(20-14)13-4-2-3-11-9-17-8-7-12(11)13/h2-6,17H,7-9H2,1H3. The minimum Gasteiger partial charge on any atom is -0.434 e. The molecule has 20 heavy (non-hydrogen) atoms. The first kappa shape index (κ1) is 11.6. The van der Waals surface area contributed by atoms with Crippen molar-refractivity contribution in [3.05, 3.63) is 47.2 Å². The molecule has 2 aromatic heterocycles. The number of fused-ring (bicyclic) bond motifs is 2. The summed E-state index contributed by atoms with van der Waals surface area (Å²) in [5, 5.41) is 3.39. The van der Waals surface area contributed by atoms with Crippen molar-refractivity contribution in [1.29, 1.82) is 0 Å². The van der Waals surface area contributed by atoms with Crippen molar-refractivity contribution in [3.63, 3.8) is 0 Å². The van der Waals surface area contributed by atoms with Gasteiger partial charge in [0.2, 0.25) is 5.89 Å². The zero-order valence-corrected chi connectivity index (χ0v) is 11.3. The highest BCUT2D eigenvalue weighted by atomic mass is 16.3. The van der Waals surface area contributed by atoms with Gasteiger partial charge in [0.25, 0.3) is 0 Å². The fourth-order valence-corrected chi connectivity index (χ4v) is 2.76. The smallest absolute Gasteiger partial charge is 0.229 e. The summed E-state index contributed by atoms with van der Waals surface area (Å²) >= 11 is 0. The van der Waals surface area contributed by atoms with E-state index in [0.717, 1.165) is 36.4 Å². The lowest BCUT2D eigenvalue weighted by Crippen LogP contribution is -2.24. The highest BCUT2D eigenvalue weighted by Gasteiger charge is 2.17. The number of nitrogens with one attached hydrogen (secondary N) is 1. The average Bonchev–Trinajstić information content (AvgIpc) is 2.89. The van der Waals surface area contributed by atoms with Gasteiger partial charge in [-0.2, -0.15) is 4.98 Å². The molecule has 0 unspecified atom stereocenters. The van der Waals surface area contributed by atoms with Crippen molar-refractivity contribution in [2.45, 2.75) is 19.9 Å². The highest BCUT2D eigenvalue weighted by Crippen LogP contribution is 2.29. The van der Waals surface area contributed by atoms with Crippen LogP contribution in [0.2, 0.25) is 0 Å². The minimum atomic E-state index is 0.678. The molecular weight excluding hydrogens is 250 g/mol. The lowest BCUT2D eigenvalue weighted by Gasteiger charge is -2.18. The van der Waals surface area contributed by atoms with Crippen LogP contribution in [0.5, 0.6) is 0 Å². The number of rotatable bonds is 1. The van der Waals surface area contributed by atoms with Gasteiger partial charge in [0.05, 0.1) is 0 Å². The second kappa shape index (κ2) is 4.42. The summed E-state index contributed by atoms with van der Waals surface area (Å²) < 4.78 is 5.88. The molecule has 4 heteroatoms. The van der Waals surface area contributed by atoms with Gasteiger partial charge in [-0.3, -0.25) is 0 Å². The third-order valence-electron chi connectivity index (χ3n) is 3.76. The van der Waals surface area contributed by atoms with Crippen LogP contribution in [0, 0.1) is 6.92 Å². The van der Waals surface area contributed by atoms with E-state index in [9.17, 15) is 0 Å². The predicted octanol–water partition coefficient (Wildman–Crippen LogP) is 2.84. The van der Waals surface area contributed by atoms with Gasteiger partial charge in [-0.15, -0.1) is 0 Å². The zero-order chi connectivity index (χ0) is 13.5. The maximum Gasteiger partial charge on any atom is 0.229 e. The fraction of sp³-hybridized carbons (Fsp3) is 0.250. The van der Waals surface area contributed by atoms with E-state index in [-0.39, 0.29) is 0 Å². The first-order valence-corrected chi connectivity index (χ1v) is 6.87. The molecule has 1 aliphatic rings. The summed E-state index contributed by atoms with van der Waals surface area (Å²) in [6.45, 7) is 3.88. The minimum absolute atomic E-state index is 0.678. The van der Waals surface area contributed by atoms with Crippen molar-refractivity contribution in [3.8, 4) is 11.5 Å². The number of hydrogen-bond donors (Lipinski definition) is 1. The van der Waals surface area contributed by atoms with Crippen LogP contribution in [-0.4, -0.2) is 16.5 Å². The van der Waals surface area contributed by atoms with Gasteiger partial charge in [-0.25, -0.2) is 4.98 Å². The monoisotopic (exact) mass is 265 g/mol. The molecule has 0 radical (unpaired) electrons. The molecule has 1 aromatic carbocycles. The number of pyridine rings is 1. The maximum absolute atomic E-state index is 5.88. The summed E-state index contributed by atoms with van der Waals surface area (Å²) in [5.41, 5.74) is 6.16. The van der Waals surface area contributed by atoms with E-state index in [0.29, 0.717) is 11.5 Å². The Kier molecular flexibility index (Phi) is 2.57. The van der Waals surface area contributed by atoms with Crippen LogP contribution in [0.3, 0.4) is 0 Å². The Morgan fingerprint density at radius 1 is 1.15 bits per heavy atom. The van der Waals surface area contributed by atoms with Crippen molar-refractivity contribution >= 4 is 11.2 Å². The first-order valence-electron chi connectivity index (χ1n) is 6.87. The second-order valence-corrected chi connectivity index (χ2v) is 5.16. The second-order valence-electron chi connectivity index (χ2n) is 5.16. The number of aryl methyl sites for hydroxylation is 1. The Hall–Kier alpha value is -2.20. The highest BCUT2D eigenvalue weighted by molar-refractivity contribution is 5.74. The van der Waals surface area contributed by atoms with Crippen LogP contribution in [-0.2, 0) is 13.0 Å². The molecule has 100 valence electrons. The Morgan fingerprint density at radius 2 is 2.10 bits per heavy atom. The molecule has 1 N–H and O–H groups in total. The summed E-state index contributed by atoms with van der Waals surface area (Å²) in [5.74, 6) is 0.678. The number of oxazole rings is 1. The van der Waals surface area contributed by atoms with Gasteiger partial charge < -0.3 is 9.73 Å². The average molecular weight is 265 g/mol. The Balaban J connectivity index is 1.90. The summed E-state index contributed by atoms with van der Waals surface area (Å²) in [7, 11) is 0. The summed E-state index contributed by atoms with van der Waals surface area (Å²) in [4.78, 5) is 8.97. The zero-order valence-electron chi connectivity index (χ0n) is 11.3. The van der Waals surface area contributed by atoms with Gasteiger partial charge in [-0.1, -0.05) is 12.1 Å². The molecule has 0 aliphatic carbocycles. The Morgan fingerprint density at radius 3 is 3.05 bits per heavy atom. The maximum atomic E-state index is 5.88. The number of benzene rings is 1. The summed E-state index contributed by atoms with van der Waals surface area (Å²) in [6, 6.07) is 10.2. The van der Waals surface area contributed by atoms with Crippen LogP contribution in [0.4, 0.5) is 0 Å². The van der Waals surface area contributed by atoms with E-state index < -0.39 is 0 Å². The molecule has 0 saturated carbocycles. The molecular formula is C16H15N3O. The third-order valence-corrected chi connectivity index (χ3v) is 3.76. The normalized spacial score (nSPS) is 14.4. The quantitative estimate of drug-likeness (QED) is 0.735. The molecule has 0 atom stereocenters. The van der Waals surface area contributed by atoms with Gasteiger partial charge >= 0.3 is 0 Å². The largest absolute Gasteiger partial charge is 0.434 e. The van der Waals surface area contributed by atoms with Crippen molar-refractivity contribution in [2.24, 2.45) is 0 Å². The molecule has 0 spiro atoms. The van der Waals surface area contributed by atoms with E-state index in [4.69, 9.17) is 4.42 Å². The van der Waals surface area contributed by atoms with Crippen molar-refractivity contribution < 1.29 is 4.42 Å². The molecule has 0 amide bonds. The van der Waals surface area contributed by atoms with Crippen molar-refractivity contribution in [1.82, 2.24) is 15.3 Å². The Labute approximate surface area is 116 Å². The number of hydrogen-bond acceptors (Lipinski definition) is 4. The Bertz CT molecular complexity index is 792. The first-order chi connectivity index (χ1) is 9.81. The summed E-state index contributed by atoms with van der Waals surface area (Å²) in [6.07, 6.45) is 1.01. The van der Waals surface area contributed by atoms with Crippen LogP contribution in [0.1, 0.15) is 16.8 Å². The molecule has 1 aliphatic heterocycles. The molecule has 4 nitrogen and oxygen atoms in total. The van der Waals surface area contributed by atoms with Crippen LogP contribution in [0.15, 0.2) is 34.7 Å².